The van der Waals surface area contributed by atoms with Crippen molar-refractivity contribution in [2.45, 2.75) is 123 Å². The molecule has 0 aliphatic rings. The molecular weight excluding hydrogens is 400 g/mol. The number of rotatable bonds is 25. The van der Waals surface area contributed by atoms with Crippen molar-refractivity contribution in [1.82, 2.24) is 9.80 Å². The summed E-state index contributed by atoms with van der Waals surface area (Å²) in [5, 5.41) is 9.18. The molecule has 5 N–H and O–H groups in total. The monoisotopic (exact) mass is 456 g/mol. The molecular formula is C26H56N4O2. The van der Waals surface area contributed by atoms with Gasteiger partial charge in [0.05, 0.1) is 12.7 Å². The Balaban J connectivity index is 4.27. The largest absolute Gasteiger partial charge is 0.480 e. The van der Waals surface area contributed by atoms with Crippen molar-refractivity contribution in [2.24, 2.45) is 11.5 Å². The van der Waals surface area contributed by atoms with Crippen LogP contribution < -0.4 is 11.5 Å². The second-order valence-corrected chi connectivity index (χ2v) is 9.58. The van der Waals surface area contributed by atoms with Gasteiger partial charge in [0.2, 0.25) is 0 Å². The van der Waals surface area contributed by atoms with Crippen LogP contribution in [0, 0.1) is 0 Å². The van der Waals surface area contributed by atoms with E-state index in [0.717, 1.165) is 19.6 Å². The molecule has 0 bridgehead atoms. The Hall–Kier alpha value is -0.690. The highest BCUT2D eigenvalue weighted by molar-refractivity contribution is 5.69. The number of nitrogens with two attached hydrogens (primary N) is 2. The molecule has 32 heavy (non-hydrogen) atoms. The molecule has 192 valence electrons. The highest BCUT2D eigenvalue weighted by atomic mass is 16.4. The maximum Gasteiger partial charge on any atom is 0.317 e. The lowest BCUT2D eigenvalue weighted by atomic mass is 10.1. The minimum Gasteiger partial charge on any atom is -0.480 e. The number of nitrogens with zero attached hydrogens (tertiary/aromatic N) is 2. The van der Waals surface area contributed by atoms with E-state index >= 15 is 0 Å². The second-order valence-electron chi connectivity index (χ2n) is 9.58. The van der Waals surface area contributed by atoms with E-state index in [1.165, 1.54) is 103 Å². The number of hydrogen-bond donors (Lipinski definition) is 3. The standard InChI is InChI=1S/C26H56N4O2/c1-3-5-7-9-11-13-15-17-19-29(20-18-16-14-12-10-8-6-4-2)21-22-30(23-25(27)28)24-26(31)32/h25H,3-24,27-28H2,1-2H3,(H,31,32). The van der Waals surface area contributed by atoms with Gasteiger partial charge in [0.25, 0.3) is 0 Å². The van der Waals surface area contributed by atoms with Crippen LogP contribution in [0.3, 0.4) is 0 Å². The molecule has 0 saturated heterocycles. The summed E-state index contributed by atoms with van der Waals surface area (Å²) in [6.45, 7) is 8.80. The van der Waals surface area contributed by atoms with Gasteiger partial charge >= 0.3 is 5.97 Å². The molecule has 0 atom stereocenters. The number of carboxylic acid groups (broad SMARTS) is 1. The molecule has 0 fully saturated rings. The topological polar surface area (TPSA) is 95.8 Å². The Morgan fingerprint density at radius 1 is 0.625 bits per heavy atom. The summed E-state index contributed by atoms with van der Waals surface area (Å²) in [6.07, 6.45) is 20.8. The van der Waals surface area contributed by atoms with Gasteiger partial charge in [-0.05, 0) is 25.9 Å². The number of aliphatic carboxylic acids is 1. The predicted octanol–water partition coefficient (Wildman–Crippen LogP) is 5.20. The third kappa shape index (κ3) is 22.5. The fraction of sp³-hybridized carbons (Fsp3) is 0.962. The molecule has 0 aliphatic heterocycles. The van der Waals surface area contributed by atoms with Gasteiger partial charge in [-0.2, -0.15) is 0 Å². The molecule has 6 nitrogen and oxygen atoms in total. The van der Waals surface area contributed by atoms with Crippen LogP contribution in [0.1, 0.15) is 117 Å². The Morgan fingerprint density at radius 2 is 1.00 bits per heavy atom. The van der Waals surface area contributed by atoms with E-state index in [4.69, 9.17) is 11.5 Å². The van der Waals surface area contributed by atoms with Crippen LogP contribution in [0.4, 0.5) is 0 Å². The van der Waals surface area contributed by atoms with Crippen LogP contribution >= 0.6 is 0 Å². The van der Waals surface area contributed by atoms with E-state index < -0.39 is 12.1 Å². The van der Waals surface area contributed by atoms with Gasteiger partial charge in [0.15, 0.2) is 0 Å². The van der Waals surface area contributed by atoms with Crippen LogP contribution in [0.2, 0.25) is 0 Å². The smallest absolute Gasteiger partial charge is 0.317 e. The molecule has 0 spiro atoms. The normalized spacial score (nSPS) is 11.8. The van der Waals surface area contributed by atoms with E-state index in [2.05, 4.69) is 18.7 Å². The van der Waals surface area contributed by atoms with Gasteiger partial charge < -0.3 is 21.5 Å². The fourth-order valence-electron chi connectivity index (χ4n) is 4.28. The van der Waals surface area contributed by atoms with Gasteiger partial charge in [-0.25, -0.2) is 0 Å². The summed E-state index contributed by atoms with van der Waals surface area (Å²) >= 11 is 0. The average Bonchev–Trinajstić information content (AvgIpc) is 2.74. The van der Waals surface area contributed by atoms with Crippen LogP contribution in [0.15, 0.2) is 0 Å². The molecule has 0 unspecified atom stereocenters. The number of unbranched alkanes of at least 4 members (excludes halogenated alkanes) is 14. The SMILES string of the molecule is CCCCCCCCCCN(CCCCCCCCCC)CCN(CC(=O)O)CC(N)N. The zero-order valence-corrected chi connectivity index (χ0v) is 21.5. The zero-order valence-electron chi connectivity index (χ0n) is 21.5. The third-order valence-corrected chi connectivity index (χ3v) is 6.22. The number of carboxylic acids is 1. The van der Waals surface area contributed by atoms with Gasteiger partial charge in [-0.3, -0.25) is 9.69 Å². The fourth-order valence-corrected chi connectivity index (χ4v) is 4.28. The average molecular weight is 457 g/mol. The Kier molecular flexibility index (Phi) is 23.0. The summed E-state index contributed by atoms with van der Waals surface area (Å²) in [6, 6.07) is 0. The molecule has 0 saturated carbocycles. The van der Waals surface area contributed by atoms with E-state index in [-0.39, 0.29) is 6.54 Å². The molecule has 0 aromatic carbocycles. The van der Waals surface area contributed by atoms with Crippen LogP contribution in [0.5, 0.6) is 0 Å². The third-order valence-electron chi connectivity index (χ3n) is 6.22. The minimum absolute atomic E-state index is 0.00819. The van der Waals surface area contributed by atoms with Crippen LogP contribution in [-0.4, -0.2) is 66.3 Å². The highest BCUT2D eigenvalue weighted by Gasteiger charge is 2.14. The van der Waals surface area contributed by atoms with Gasteiger partial charge in [-0.15, -0.1) is 0 Å². The summed E-state index contributed by atoms with van der Waals surface area (Å²) in [7, 11) is 0. The first-order chi connectivity index (χ1) is 15.5. The van der Waals surface area contributed by atoms with Crippen molar-refractivity contribution in [3.05, 3.63) is 0 Å². The molecule has 0 amide bonds. The summed E-state index contributed by atoms with van der Waals surface area (Å²) in [4.78, 5) is 15.6. The van der Waals surface area contributed by atoms with Crippen molar-refractivity contribution >= 4 is 5.97 Å². The van der Waals surface area contributed by atoms with Crippen molar-refractivity contribution in [1.29, 1.82) is 0 Å². The first-order valence-electron chi connectivity index (χ1n) is 13.7. The predicted molar refractivity (Wildman–Crippen MR) is 138 cm³/mol. The zero-order chi connectivity index (χ0) is 23.9. The second kappa shape index (κ2) is 23.5. The van der Waals surface area contributed by atoms with Crippen LogP contribution in [-0.2, 0) is 4.79 Å². The molecule has 0 heterocycles. The Bertz CT molecular complexity index is 387. The van der Waals surface area contributed by atoms with Crippen molar-refractivity contribution in [3.8, 4) is 0 Å². The lowest BCUT2D eigenvalue weighted by Gasteiger charge is -2.27. The van der Waals surface area contributed by atoms with Crippen molar-refractivity contribution in [3.63, 3.8) is 0 Å². The van der Waals surface area contributed by atoms with E-state index in [1.807, 2.05) is 4.90 Å². The lowest BCUT2D eigenvalue weighted by Crippen LogP contribution is -2.47. The molecule has 0 aliphatic carbocycles. The Labute approximate surface area is 199 Å². The van der Waals surface area contributed by atoms with E-state index in [9.17, 15) is 9.90 Å². The van der Waals surface area contributed by atoms with Crippen molar-refractivity contribution in [2.75, 3.05) is 39.3 Å². The summed E-state index contributed by atoms with van der Waals surface area (Å²) in [5.41, 5.74) is 11.4. The maximum absolute atomic E-state index is 11.2. The van der Waals surface area contributed by atoms with Crippen LogP contribution in [0.25, 0.3) is 0 Å². The molecule has 0 rings (SSSR count). The van der Waals surface area contributed by atoms with Gasteiger partial charge in [0, 0.05) is 19.6 Å². The molecule has 6 heteroatoms. The minimum atomic E-state index is -0.816. The molecule has 0 radical (unpaired) electrons. The first-order valence-corrected chi connectivity index (χ1v) is 13.7. The quantitative estimate of drug-likeness (QED) is 0.129. The Morgan fingerprint density at radius 3 is 1.38 bits per heavy atom. The highest BCUT2D eigenvalue weighted by Crippen LogP contribution is 2.11. The molecule has 0 aromatic rings. The maximum atomic E-state index is 11.2. The number of hydrogen-bond acceptors (Lipinski definition) is 5. The lowest BCUT2D eigenvalue weighted by molar-refractivity contribution is -0.138. The summed E-state index contributed by atoms with van der Waals surface area (Å²) in [5.74, 6) is -0.816. The molecule has 0 aromatic heterocycles. The van der Waals surface area contributed by atoms with E-state index in [0.29, 0.717) is 13.1 Å². The van der Waals surface area contributed by atoms with E-state index in [1.54, 1.807) is 0 Å². The summed E-state index contributed by atoms with van der Waals surface area (Å²) < 4.78 is 0. The van der Waals surface area contributed by atoms with Gasteiger partial charge in [0.1, 0.15) is 0 Å². The first kappa shape index (κ1) is 31.3. The number of carbonyl (C=O) groups is 1. The van der Waals surface area contributed by atoms with Gasteiger partial charge in [-0.1, -0.05) is 104 Å². The van der Waals surface area contributed by atoms with Crippen molar-refractivity contribution < 1.29 is 9.90 Å².